The Morgan fingerprint density at radius 2 is 1.74 bits per heavy atom. The lowest BCUT2D eigenvalue weighted by Crippen LogP contribution is -2.40. The number of hydrogen-bond acceptors (Lipinski definition) is 10. The van der Waals surface area contributed by atoms with Crippen molar-refractivity contribution in [3.05, 3.63) is 35.9 Å². The van der Waals surface area contributed by atoms with Gasteiger partial charge in [-0.15, -0.1) is 0 Å². The van der Waals surface area contributed by atoms with Gasteiger partial charge in [-0.3, -0.25) is 23.4 Å². The Morgan fingerprint density at radius 3 is 2.46 bits per heavy atom. The summed E-state index contributed by atoms with van der Waals surface area (Å²) in [5.41, 5.74) is 2.89. The molecule has 4 atom stereocenters. The number of carbonyl (C=O) groups is 3. The molecule has 0 amide bonds. The lowest BCUT2D eigenvalue weighted by molar-refractivity contribution is -0.166. The molecule has 1 aliphatic heterocycles. The molecule has 12 nitrogen and oxygen atoms in total. The normalized spacial score (nSPS) is 22.1. The van der Waals surface area contributed by atoms with E-state index >= 15 is 0 Å². The molecule has 182 valence electrons. The monoisotopic (exact) mass is 501 g/mol. The van der Waals surface area contributed by atoms with Gasteiger partial charge in [0.1, 0.15) is 19.0 Å². The number of benzene rings is 1. The van der Waals surface area contributed by atoms with Gasteiger partial charge in [0.15, 0.2) is 35.2 Å². The molecule has 0 aliphatic carbocycles. The van der Waals surface area contributed by atoms with Gasteiger partial charge >= 0.3 is 17.9 Å². The molecule has 0 saturated carbocycles. The summed E-state index contributed by atoms with van der Waals surface area (Å²) in [6.07, 6.45) is -0.887. The minimum atomic E-state index is -1.05. The highest BCUT2D eigenvalue weighted by Crippen LogP contribution is 2.36. The number of fused-ring (bicyclic) bond motifs is 5. The third kappa shape index (κ3) is 4.15. The molecule has 13 heteroatoms. The summed E-state index contributed by atoms with van der Waals surface area (Å²) in [5.74, 6) is -1.75. The molecule has 4 heterocycles. The lowest BCUT2D eigenvalue weighted by Gasteiger charge is -2.23. The smallest absolute Gasteiger partial charge is 0.303 e. The van der Waals surface area contributed by atoms with Crippen LogP contribution in [0.2, 0.25) is 5.02 Å². The minimum absolute atomic E-state index is 0.210. The average Bonchev–Trinajstić information content (AvgIpc) is 3.45. The number of hydrogen-bond donors (Lipinski definition) is 0. The number of aromatic nitrogens is 5. The van der Waals surface area contributed by atoms with Gasteiger partial charge < -0.3 is 18.9 Å². The summed E-state index contributed by atoms with van der Waals surface area (Å²) in [6.45, 7) is 3.49. The molecule has 35 heavy (non-hydrogen) atoms. The number of halogens is 1. The van der Waals surface area contributed by atoms with Gasteiger partial charge in [-0.25, -0.2) is 15.0 Å². The summed E-state index contributed by atoms with van der Waals surface area (Å²) in [7, 11) is 0. The van der Waals surface area contributed by atoms with Crippen LogP contribution < -0.4 is 0 Å². The second-order valence-electron chi connectivity index (χ2n) is 8.02. The Bertz CT molecular complexity index is 1480. The molecule has 0 radical (unpaired) electrons. The molecule has 3 aromatic heterocycles. The van der Waals surface area contributed by atoms with Crippen molar-refractivity contribution in [1.82, 2.24) is 23.9 Å². The molecular weight excluding hydrogens is 482 g/mol. The maximum atomic E-state index is 11.9. The lowest BCUT2D eigenvalue weighted by atomic mass is 10.1. The van der Waals surface area contributed by atoms with Crippen LogP contribution >= 0.6 is 11.6 Å². The van der Waals surface area contributed by atoms with Crippen LogP contribution in [0.1, 0.15) is 27.0 Å². The number of esters is 3. The van der Waals surface area contributed by atoms with Crippen molar-refractivity contribution < 1.29 is 33.3 Å². The molecular formula is C22H20ClN5O7. The van der Waals surface area contributed by atoms with Crippen LogP contribution in [-0.4, -0.2) is 66.7 Å². The van der Waals surface area contributed by atoms with Crippen LogP contribution in [0.15, 0.2) is 30.9 Å². The van der Waals surface area contributed by atoms with Crippen LogP contribution in [0, 0.1) is 0 Å². The third-order valence-corrected chi connectivity index (χ3v) is 5.78. The molecule has 0 N–H and O–H groups in total. The highest BCUT2D eigenvalue weighted by molar-refractivity contribution is 6.31. The molecule has 1 aliphatic rings. The number of imidazole rings is 2. The zero-order valence-corrected chi connectivity index (χ0v) is 19.6. The van der Waals surface area contributed by atoms with Crippen molar-refractivity contribution in [3.8, 4) is 0 Å². The third-order valence-electron chi connectivity index (χ3n) is 5.54. The van der Waals surface area contributed by atoms with Crippen LogP contribution in [0.5, 0.6) is 0 Å². The maximum Gasteiger partial charge on any atom is 0.303 e. The molecule has 1 fully saturated rings. The highest BCUT2D eigenvalue weighted by Gasteiger charge is 2.51. The Morgan fingerprint density at radius 1 is 1.00 bits per heavy atom. The van der Waals surface area contributed by atoms with Gasteiger partial charge in [-0.1, -0.05) is 11.6 Å². The standard InChI is InChI=1S/C22H20ClN5O7/c1-10(29)32-7-16-18(33-11(2)30)19(34-12(3)31)22(35-16)28-8-24-17-20(28)25-9-27-15-6-13(23)4-5-14(15)26-21(17)27/h4-6,8-9,16,18-19,22H,7H2,1-3H3/t16-,18-,19-,22-/m1/s1. The number of rotatable bonds is 5. The zero-order chi connectivity index (χ0) is 24.9. The summed E-state index contributed by atoms with van der Waals surface area (Å²) in [4.78, 5) is 48.7. The van der Waals surface area contributed by atoms with E-state index in [9.17, 15) is 14.4 Å². The van der Waals surface area contributed by atoms with E-state index in [0.717, 1.165) is 5.52 Å². The maximum absolute atomic E-state index is 11.9. The fourth-order valence-corrected chi connectivity index (χ4v) is 4.37. The Kier molecular flexibility index (Phi) is 5.77. The van der Waals surface area contributed by atoms with E-state index in [4.69, 9.17) is 30.5 Å². The highest BCUT2D eigenvalue weighted by atomic mass is 35.5. The van der Waals surface area contributed by atoms with Gasteiger partial charge in [0.25, 0.3) is 0 Å². The fraction of sp³-hybridized carbons (Fsp3) is 0.364. The molecule has 1 saturated heterocycles. The summed E-state index contributed by atoms with van der Waals surface area (Å²) in [6, 6.07) is 5.32. The zero-order valence-electron chi connectivity index (χ0n) is 18.9. The first kappa shape index (κ1) is 23.0. The largest absolute Gasteiger partial charge is 0.463 e. The average molecular weight is 502 g/mol. The molecule has 0 bridgehead atoms. The van der Waals surface area contributed by atoms with Crippen molar-refractivity contribution in [2.75, 3.05) is 6.61 Å². The van der Waals surface area contributed by atoms with Crippen molar-refractivity contribution in [2.45, 2.75) is 45.3 Å². The molecule has 0 spiro atoms. The number of nitrogens with zero attached hydrogens (tertiary/aromatic N) is 5. The predicted octanol–water partition coefficient (Wildman–Crippen LogP) is 2.21. The number of carbonyl (C=O) groups excluding carboxylic acids is 3. The second kappa shape index (κ2) is 8.78. The molecule has 0 unspecified atom stereocenters. The molecule has 1 aromatic carbocycles. The first-order valence-corrected chi connectivity index (χ1v) is 11.0. The first-order chi connectivity index (χ1) is 16.7. The van der Waals surface area contributed by atoms with Crippen LogP contribution in [-0.2, 0) is 33.3 Å². The van der Waals surface area contributed by atoms with Crippen molar-refractivity contribution in [2.24, 2.45) is 0 Å². The van der Waals surface area contributed by atoms with E-state index in [1.165, 1.54) is 27.1 Å². The SMILES string of the molecule is CC(=O)OC[C@H]1O[C@@H](n2cnc3c2ncn2c4cc(Cl)ccc4nc32)[C@H](OC(C)=O)[C@@H]1OC(C)=O. The Labute approximate surface area is 202 Å². The van der Waals surface area contributed by atoms with Gasteiger partial charge in [0.05, 0.1) is 17.4 Å². The van der Waals surface area contributed by atoms with Gasteiger partial charge in [0, 0.05) is 25.8 Å². The van der Waals surface area contributed by atoms with Crippen molar-refractivity contribution in [3.63, 3.8) is 0 Å². The quantitative estimate of drug-likeness (QED) is 0.295. The first-order valence-electron chi connectivity index (χ1n) is 10.6. The van der Waals surface area contributed by atoms with E-state index in [1.54, 1.807) is 33.5 Å². The van der Waals surface area contributed by atoms with E-state index < -0.39 is 42.4 Å². The van der Waals surface area contributed by atoms with Gasteiger partial charge in [-0.2, -0.15) is 0 Å². The second-order valence-corrected chi connectivity index (χ2v) is 8.46. The van der Waals surface area contributed by atoms with E-state index in [1.807, 2.05) is 0 Å². The summed E-state index contributed by atoms with van der Waals surface area (Å²) < 4.78 is 25.4. The number of ether oxygens (including phenoxy) is 4. The van der Waals surface area contributed by atoms with E-state index in [2.05, 4.69) is 15.0 Å². The van der Waals surface area contributed by atoms with Gasteiger partial charge in [0.2, 0.25) is 0 Å². The topological polar surface area (TPSA) is 136 Å². The summed E-state index contributed by atoms with van der Waals surface area (Å²) >= 11 is 6.14. The Hall–Kier alpha value is -3.77. The van der Waals surface area contributed by atoms with Crippen molar-refractivity contribution >= 4 is 57.4 Å². The molecule has 4 aromatic rings. The van der Waals surface area contributed by atoms with Crippen LogP contribution in [0.25, 0.3) is 27.8 Å². The predicted molar refractivity (Wildman–Crippen MR) is 120 cm³/mol. The van der Waals surface area contributed by atoms with E-state index in [0.29, 0.717) is 27.4 Å². The van der Waals surface area contributed by atoms with Crippen LogP contribution in [0.3, 0.4) is 0 Å². The molecule has 5 rings (SSSR count). The Balaban J connectivity index is 1.60. The van der Waals surface area contributed by atoms with Crippen molar-refractivity contribution in [1.29, 1.82) is 0 Å². The summed E-state index contributed by atoms with van der Waals surface area (Å²) in [5, 5.41) is 0.559. The minimum Gasteiger partial charge on any atom is -0.463 e. The fourth-order valence-electron chi connectivity index (χ4n) is 4.21. The van der Waals surface area contributed by atoms with Gasteiger partial charge in [-0.05, 0) is 18.2 Å². The van der Waals surface area contributed by atoms with Crippen LogP contribution in [0.4, 0.5) is 0 Å². The van der Waals surface area contributed by atoms with E-state index in [-0.39, 0.29) is 6.61 Å².